The Hall–Kier alpha value is -0.580. The molecule has 1 amide bonds. The summed E-state index contributed by atoms with van der Waals surface area (Å²) in [5.41, 5.74) is 0. The van der Waals surface area contributed by atoms with Gasteiger partial charge >= 0.3 is 0 Å². The lowest BCUT2D eigenvalue weighted by atomic mass is 10.1. The van der Waals surface area contributed by atoms with Crippen LogP contribution in [0.3, 0.4) is 0 Å². The third kappa shape index (κ3) is 4.20. The number of amides is 1. The molecule has 1 aromatic rings. The van der Waals surface area contributed by atoms with Crippen molar-refractivity contribution < 1.29 is 9.90 Å². The molecule has 3 nitrogen and oxygen atoms in total. The summed E-state index contributed by atoms with van der Waals surface area (Å²) in [6.07, 6.45) is 3.71. The molecule has 2 heterocycles. The first kappa shape index (κ1) is 14.8. The number of carbonyl (C=O) groups is 1. The second-order valence-electron chi connectivity index (χ2n) is 5.17. The Morgan fingerprint density at radius 3 is 3.05 bits per heavy atom. The van der Waals surface area contributed by atoms with Gasteiger partial charge in [-0.3, -0.25) is 4.79 Å². The highest BCUT2D eigenvalue weighted by atomic mass is 35.5. The van der Waals surface area contributed by atoms with Gasteiger partial charge in [0.05, 0.1) is 10.4 Å². The van der Waals surface area contributed by atoms with Crippen LogP contribution in [0.25, 0.3) is 0 Å². The number of rotatable bonds is 5. The summed E-state index contributed by atoms with van der Waals surface area (Å²) >= 11 is 7.42. The zero-order valence-electron chi connectivity index (χ0n) is 11.1. The Labute approximate surface area is 123 Å². The number of nitrogens with zero attached hydrogens (tertiary/aromatic N) is 1. The zero-order chi connectivity index (χ0) is 13.8. The van der Waals surface area contributed by atoms with Crippen LogP contribution in [0.1, 0.15) is 37.5 Å². The maximum absolute atomic E-state index is 12.2. The standard InChI is InChI=1S/C14H20ClNO2S/c1-10(17)9-11-3-2-8-16(11)14(18)7-5-12-4-6-13(15)19-12/h4,6,10-11,17H,2-3,5,7-9H2,1H3. The predicted octanol–water partition coefficient (Wildman–Crippen LogP) is 3.10. The van der Waals surface area contributed by atoms with Gasteiger partial charge in [0.1, 0.15) is 0 Å². The molecule has 0 radical (unpaired) electrons. The molecule has 2 unspecified atom stereocenters. The van der Waals surface area contributed by atoms with Crippen LogP contribution in [0, 0.1) is 0 Å². The van der Waals surface area contributed by atoms with Crippen molar-refractivity contribution in [2.24, 2.45) is 0 Å². The summed E-state index contributed by atoms with van der Waals surface area (Å²) in [6, 6.07) is 4.08. The number of aliphatic hydroxyl groups excluding tert-OH is 1. The maximum Gasteiger partial charge on any atom is 0.223 e. The topological polar surface area (TPSA) is 40.5 Å². The van der Waals surface area contributed by atoms with Gasteiger partial charge in [0.25, 0.3) is 0 Å². The summed E-state index contributed by atoms with van der Waals surface area (Å²) in [5, 5.41) is 9.47. The van der Waals surface area contributed by atoms with Crippen molar-refractivity contribution >= 4 is 28.8 Å². The number of carbonyl (C=O) groups excluding carboxylic acids is 1. The minimum atomic E-state index is -0.338. The van der Waals surface area contributed by atoms with E-state index in [9.17, 15) is 9.90 Å². The van der Waals surface area contributed by atoms with E-state index in [4.69, 9.17) is 11.6 Å². The zero-order valence-corrected chi connectivity index (χ0v) is 12.7. The molecule has 1 saturated heterocycles. The lowest BCUT2D eigenvalue weighted by molar-refractivity contribution is -0.132. The van der Waals surface area contributed by atoms with Crippen LogP contribution in [0.4, 0.5) is 0 Å². The van der Waals surface area contributed by atoms with E-state index in [0.717, 1.165) is 35.0 Å². The fraction of sp³-hybridized carbons (Fsp3) is 0.643. The molecule has 0 aromatic carbocycles. The molecule has 106 valence electrons. The fourth-order valence-electron chi connectivity index (χ4n) is 2.66. The van der Waals surface area contributed by atoms with E-state index in [0.29, 0.717) is 12.8 Å². The van der Waals surface area contributed by atoms with Gasteiger partial charge in [0.15, 0.2) is 0 Å². The van der Waals surface area contributed by atoms with E-state index in [2.05, 4.69) is 0 Å². The molecule has 0 saturated carbocycles. The Balaban J connectivity index is 1.85. The minimum Gasteiger partial charge on any atom is -0.393 e. The molecular weight excluding hydrogens is 282 g/mol. The van der Waals surface area contributed by atoms with Crippen LogP contribution in [0.5, 0.6) is 0 Å². The van der Waals surface area contributed by atoms with Crippen LogP contribution in [-0.4, -0.2) is 34.6 Å². The summed E-state index contributed by atoms with van der Waals surface area (Å²) in [4.78, 5) is 15.3. The third-order valence-electron chi connectivity index (χ3n) is 3.52. The quantitative estimate of drug-likeness (QED) is 0.908. The van der Waals surface area contributed by atoms with Gasteiger partial charge in [-0.1, -0.05) is 11.6 Å². The average Bonchev–Trinajstić information content (AvgIpc) is 2.94. The summed E-state index contributed by atoms with van der Waals surface area (Å²) < 4.78 is 0.774. The van der Waals surface area contributed by atoms with Crippen LogP contribution in [0.2, 0.25) is 4.34 Å². The van der Waals surface area contributed by atoms with E-state index in [1.54, 1.807) is 6.92 Å². The van der Waals surface area contributed by atoms with Gasteiger partial charge in [-0.15, -0.1) is 11.3 Å². The molecule has 0 bridgehead atoms. The molecule has 0 aliphatic carbocycles. The number of hydrogen-bond acceptors (Lipinski definition) is 3. The van der Waals surface area contributed by atoms with Crippen molar-refractivity contribution in [2.75, 3.05) is 6.54 Å². The second kappa shape index (κ2) is 6.73. The van der Waals surface area contributed by atoms with Crippen molar-refractivity contribution in [1.82, 2.24) is 4.90 Å². The van der Waals surface area contributed by atoms with Crippen LogP contribution >= 0.6 is 22.9 Å². The molecule has 1 aliphatic rings. The molecular formula is C14H20ClNO2S. The van der Waals surface area contributed by atoms with Gasteiger partial charge in [0, 0.05) is 23.9 Å². The number of likely N-dealkylation sites (tertiary alicyclic amines) is 1. The number of halogens is 1. The Kier molecular flexibility index (Phi) is 5.25. The van der Waals surface area contributed by atoms with E-state index in [1.165, 1.54) is 11.3 Å². The average molecular weight is 302 g/mol. The maximum atomic E-state index is 12.2. The van der Waals surface area contributed by atoms with Crippen molar-refractivity contribution in [1.29, 1.82) is 0 Å². The molecule has 0 spiro atoms. The largest absolute Gasteiger partial charge is 0.393 e. The van der Waals surface area contributed by atoms with Crippen LogP contribution < -0.4 is 0 Å². The highest BCUT2D eigenvalue weighted by molar-refractivity contribution is 7.16. The first-order chi connectivity index (χ1) is 9.06. The third-order valence-corrected chi connectivity index (χ3v) is 4.82. The predicted molar refractivity (Wildman–Crippen MR) is 78.7 cm³/mol. The SMILES string of the molecule is CC(O)CC1CCCN1C(=O)CCc1ccc(Cl)s1. The lowest BCUT2D eigenvalue weighted by Crippen LogP contribution is -2.37. The van der Waals surface area contributed by atoms with Crippen LogP contribution in [0.15, 0.2) is 12.1 Å². The van der Waals surface area contributed by atoms with Gasteiger partial charge in [-0.2, -0.15) is 0 Å². The molecule has 2 atom stereocenters. The summed E-state index contributed by atoms with van der Waals surface area (Å²) in [7, 11) is 0. The smallest absolute Gasteiger partial charge is 0.223 e. The Morgan fingerprint density at radius 2 is 2.42 bits per heavy atom. The van der Waals surface area contributed by atoms with Crippen molar-refractivity contribution in [3.05, 3.63) is 21.3 Å². The molecule has 5 heteroatoms. The van der Waals surface area contributed by atoms with E-state index in [1.807, 2.05) is 17.0 Å². The molecule has 1 aromatic heterocycles. The molecule has 1 fully saturated rings. The monoisotopic (exact) mass is 301 g/mol. The van der Waals surface area contributed by atoms with Crippen molar-refractivity contribution in [3.8, 4) is 0 Å². The van der Waals surface area contributed by atoms with Crippen molar-refractivity contribution in [3.63, 3.8) is 0 Å². The minimum absolute atomic E-state index is 0.202. The van der Waals surface area contributed by atoms with Gasteiger partial charge in [0.2, 0.25) is 5.91 Å². The van der Waals surface area contributed by atoms with Crippen LogP contribution in [-0.2, 0) is 11.2 Å². The lowest BCUT2D eigenvalue weighted by Gasteiger charge is -2.25. The van der Waals surface area contributed by atoms with E-state index >= 15 is 0 Å². The number of aliphatic hydroxyl groups is 1. The summed E-state index contributed by atoms with van der Waals surface area (Å²) in [6.45, 7) is 2.62. The summed E-state index contributed by atoms with van der Waals surface area (Å²) in [5.74, 6) is 0.202. The first-order valence-corrected chi connectivity index (χ1v) is 7.97. The Morgan fingerprint density at radius 1 is 1.63 bits per heavy atom. The molecule has 1 N–H and O–H groups in total. The fourth-order valence-corrected chi connectivity index (χ4v) is 3.75. The molecule has 19 heavy (non-hydrogen) atoms. The van der Waals surface area contributed by atoms with Gasteiger partial charge < -0.3 is 10.0 Å². The molecule has 2 rings (SSSR count). The van der Waals surface area contributed by atoms with Gasteiger partial charge in [-0.05, 0) is 44.7 Å². The number of aryl methyl sites for hydroxylation is 1. The second-order valence-corrected chi connectivity index (χ2v) is 6.97. The Bertz CT molecular complexity index is 433. The molecule has 1 aliphatic heterocycles. The number of hydrogen-bond donors (Lipinski definition) is 1. The van der Waals surface area contributed by atoms with E-state index < -0.39 is 0 Å². The highest BCUT2D eigenvalue weighted by Gasteiger charge is 2.29. The van der Waals surface area contributed by atoms with Gasteiger partial charge in [-0.25, -0.2) is 0 Å². The normalized spacial score (nSPS) is 20.8. The first-order valence-electron chi connectivity index (χ1n) is 6.78. The highest BCUT2D eigenvalue weighted by Crippen LogP contribution is 2.25. The van der Waals surface area contributed by atoms with Crippen molar-refractivity contribution in [2.45, 2.75) is 51.2 Å². The number of thiophene rings is 1. The van der Waals surface area contributed by atoms with E-state index in [-0.39, 0.29) is 18.1 Å².